The molecule has 2 aromatic rings. The zero-order valence-corrected chi connectivity index (χ0v) is 16.4. The monoisotopic (exact) mass is 360 g/mol. The minimum Gasteiger partial charge on any atom is -0.489 e. The molecule has 0 aliphatic carbocycles. The zero-order chi connectivity index (χ0) is 18.0. The first-order chi connectivity index (χ1) is 12.2. The fourth-order valence-corrected chi connectivity index (χ4v) is 5.24. The Labute approximate surface area is 152 Å². The van der Waals surface area contributed by atoms with Crippen molar-refractivity contribution in [1.82, 2.24) is 0 Å². The third-order valence-corrected chi connectivity index (χ3v) is 6.71. The molecule has 0 heterocycles. The third kappa shape index (κ3) is 6.29. The molecule has 0 fully saturated rings. The van der Waals surface area contributed by atoms with Crippen LogP contribution in [-0.2, 0) is 25.9 Å². The maximum atomic E-state index is 5.91. The van der Waals surface area contributed by atoms with Crippen molar-refractivity contribution in [2.24, 2.45) is 0 Å². The smallest absolute Gasteiger partial charge is 0.489 e. The highest BCUT2D eigenvalue weighted by atomic mass is 28.4. The summed E-state index contributed by atoms with van der Waals surface area (Å²) < 4.78 is 23.6. The summed E-state index contributed by atoms with van der Waals surface area (Å²) in [5.41, 5.74) is 2.29. The summed E-state index contributed by atoms with van der Waals surface area (Å²) in [6.07, 6.45) is 0. The molecule has 0 unspecified atom stereocenters. The van der Waals surface area contributed by atoms with Gasteiger partial charge in [0.15, 0.2) is 0 Å². The molecule has 4 nitrogen and oxygen atoms in total. The predicted octanol–water partition coefficient (Wildman–Crippen LogP) is 4.40. The molecular weight excluding hydrogens is 332 g/mol. The Hall–Kier alpha value is -1.66. The van der Waals surface area contributed by atoms with Gasteiger partial charge in [-0.1, -0.05) is 42.5 Å². The Morgan fingerprint density at radius 1 is 0.680 bits per heavy atom. The molecule has 0 spiro atoms. The highest BCUT2D eigenvalue weighted by Crippen LogP contribution is 2.20. The number of hydrogen-bond acceptors (Lipinski definition) is 4. The first kappa shape index (κ1) is 19.7. The summed E-state index contributed by atoms with van der Waals surface area (Å²) >= 11 is 0. The molecule has 5 heteroatoms. The molecule has 0 aliphatic heterocycles. The van der Waals surface area contributed by atoms with E-state index in [1.807, 2.05) is 51.1 Å². The average molecular weight is 361 g/mol. The van der Waals surface area contributed by atoms with Crippen LogP contribution in [-0.4, -0.2) is 28.6 Å². The average Bonchev–Trinajstić information content (AvgIpc) is 2.63. The van der Waals surface area contributed by atoms with E-state index in [-0.39, 0.29) is 0 Å². The largest absolute Gasteiger partial charge is 0.505 e. The van der Waals surface area contributed by atoms with Gasteiger partial charge in [0.25, 0.3) is 0 Å². The van der Waals surface area contributed by atoms with Gasteiger partial charge in [0, 0.05) is 25.9 Å². The van der Waals surface area contributed by atoms with Gasteiger partial charge in [-0.25, -0.2) is 0 Å². The van der Waals surface area contributed by atoms with E-state index in [2.05, 4.69) is 24.3 Å². The molecule has 0 saturated heterocycles. The molecule has 0 aliphatic rings. The normalized spacial score (nSPS) is 11.5. The fourth-order valence-electron chi connectivity index (χ4n) is 2.63. The van der Waals surface area contributed by atoms with Crippen molar-refractivity contribution in [3.8, 4) is 5.75 Å². The van der Waals surface area contributed by atoms with Crippen molar-refractivity contribution in [3.05, 3.63) is 65.7 Å². The first-order valence-electron chi connectivity index (χ1n) is 8.89. The molecular formula is C20H28O4Si. The quantitative estimate of drug-likeness (QED) is 0.557. The summed E-state index contributed by atoms with van der Waals surface area (Å²) in [4.78, 5) is 0. The Kier molecular flexibility index (Phi) is 8.14. The summed E-state index contributed by atoms with van der Waals surface area (Å²) in [5.74, 6) is 0.851. The van der Waals surface area contributed by atoms with E-state index in [1.54, 1.807) is 0 Å². The van der Waals surface area contributed by atoms with Gasteiger partial charge in [-0.3, -0.25) is 0 Å². The van der Waals surface area contributed by atoms with Gasteiger partial charge < -0.3 is 18.0 Å². The first-order valence-corrected chi connectivity index (χ1v) is 10.8. The van der Waals surface area contributed by atoms with Crippen LogP contribution >= 0.6 is 0 Å². The predicted molar refractivity (Wildman–Crippen MR) is 102 cm³/mol. The number of benzene rings is 2. The minimum absolute atomic E-state index is 0.565. The standard InChI is InChI=1S/C20H28O4Si/c1-4-22-25(23-5-2,24-6-3)17-19-12-14-20(15-13-19)21-16-18-10-8-7-9-11-18/h7-15H,4-6,16-17H2,1-3H3. The van der Waals surface area contributed by atoms with Gasteiger partial charge in [-0.2, -0.15) is 0 Å². The number of rotatable bonds is 11. The lowest BCUT2D eigenvalue weighted by Crippen LogP contribution is -2.48. The van der Waals surface area contributed by atoms with Crippen molar-refractivity contribution < 1.29 is 18.0 Å². The van der Waals surface area contributed by atoms with Gasteiger partial charge in [0.05, 0.1) is 0 Å². The second-order valence-corrected chi connectivity index (χ2v) is 8.16. The lowest BCUT2D eigenvalue weighted by atomic mass is 10.2. The van der Waals surface area contributed by atoms with Gasteiger partial charge >= 0.3 is 8.80 Å². The van der Waals surface area contributed by atoms with Crippen LogP contribution in [0.25, 0.3) is 0 Å². The van der Waals surface area contributed by atoms with Crippen LogP contribution < -0.4 is 4.74 Å². The molecule has 136 valence electrons. The second-order valence-electron chi connectivity index (χ2n) is 5.58. The zero-order valence-electron chi connectivity index (χ0n) is 15.4. The van der Waals surface area contributed by atoms with Crippen molar-refractivity contribution >= 4 is 8.80 Å². The van der Waals surface area contributed by atoms with Crippen molar-refractivity contribution in [2.75, 3.05) is 19.8 Å². The highest BCUT2D eigenvalue weighted by molar-refractivity contribution is 6.60. The van der Waals surface area contributed by atoms with E-state index >= 15 is 0 Å². The van der Waals surface area contributed by atoms with E-state index < -0.39 is 8.80 Å². The number of hydrogen-bond donors (Lipinski definition) is 0. The van der Waals surface area contributed by atoms with Gasteiger partial charge in [0.1, 0.15) is 12.4 Å². The van der Waals surface area contributed by atoms with Crippen molar-refractivity contribution in [2.45, 2.75) is 33.4 Å². The lowest BCUT2D eigenvalue weighted by Gasteiger charge is -2.28. The highest BCUT2D eigenvalue weighted by Gasteiger charge is 2.40. The van der Waals surface area contributed by atoms with E-state index in [4.69, 9.17) is 18.0 Å². The maximum absolute atomic E-state index is 5.91. The summed E-state index contributed by atoms with van der Waals surface area (Å²) in [5, 5.41) is 0. The van der Waals surface area contributed by atoms with Crippen LogP contribution in [0.5, 0.6) is 5.75 Å². The topological polar surface area (TPSA) is 36.9 Å². The second kappa shape index (κ2) is 10.4. The molecule has 0 bridgehead atoms. The van der Waals surface area contributed by atoms with E-state index in [9.17, 15) is 0 Å². The molecule has 0 N–H and O–H groups in total. The summed E-state index contributed by atoms with van der Waals surface area (Å²) in [6, 6.07) is 18.9. The third-order valence-electron chi connectivity index (χ3n) is 3.69. The van der Waals surface area contributed by atoms with Crippen molar-refractivity contribution in [3.63, 3.8) is 0 Å². The van der Waals surface area contributed by atoms with E-state index in [1.165, 1.54) is 0 Å². The molecule has 0 saturated carbocycles. The Bertz CT molecular complexity index is 584. The molecule has 0 atom stereocenters. The Morgan fingerprint density at radius 2 is 1.24 bits per heavy atom. The lowest BCUT2D eigenvalue weighted by molar-refractivity contribution is 0.0704. The van der Waals surface area contributed by atoms with Gasteiger partial charge in [-0.15, -0.1) is 0 Å². The Morgan fingerprint density at radius 3 is 1.76 bits per heavy atom. The van der Waals surface area contributed by atoms with E-state index in [0.29, 0.717) is 32.5 Å². The maximum Gasteiger partial charge on any atom is 0.505 e. The van der Waals surface area contributed by atoms with Crippen LogP contribution in [0.4, 0.5) is 0 Å². The van der Waals surface area contributed by atoms with Crippen molar-refractivity contribution in [1.29, 1.82) is 0 Å². The van der Waals surface area contributed by atoms with Crippen LogP contribution in [0.15, 0.2) is 54.6 Å². The fraction of sp³-hybridized carbons (Fsp3) is 0.400. The van der Waals surface area contributed by atoms with Crippen LogP contribution in [0.1, 0.15) is 31.9 Å². The molecule has 0 radical (unpaired) electrons. The molecule has 0 aromatic heterocycles. The SMILES string of the molecule is CCO[Si](Cc1ccc(OCc2ccccc2)cc1)(OCC)OCC. The van der Waals surface area contributed by atoms with Crippen LogP contribution in [0, 0.1) is 0 Å². The van der Waals surface area contributed by atoms with Gasteiger partial charge in [-0.05, 0) is 44.0 Å². The minimum atomic E-state index is -2.67. The number of ether oxygens (including phenoxy) is 1. The molecule has 2 aromatic carbocycles. The molecule has 2 rings (SSSR count). The molecule has 25 heavy (non-hydrogen) atoms. The molecule has 0 amide bonds. The summed E-state index contributed by atoms with van der Waals surface area (Å²) in [7, 11) is -2.67. The van der Waals surface area contributed by atoms with E-state index in [0.717, 1.165) is 16.9 Å². The summed E-state index contributed by atoms with van der Waals surface area (Å²) in [6.45, 7) is 8.25. The van der Waals surface area contributed by atoms with Gasteiger partial charge in [0.2, 0.25) is 0 Å². The van der Waals surface area contributed by atoms with Crippen LogP contribution in [0.2, 0.25) is 0 Å². The van der Waals surface area contributed by atoms with Crippen LogP contribution in [0.3, 0.4) is 0 Å². The Balaban J connectivity index is 1.99.